The summed E-state index contributed by atoms with van der Waals surface area (Å²) in [5.74, 6) is 1.56. The van der Waals surface area contributed by atoms with Crippen LogP contribution in [0.3, 0.4) is 0 Å². The van der Waals surface area contributed by atoms with Crippen LogP contribution < -0.4 is 14.8 Å². The van der Waals surface area contributed by atoms with Crippen LogP contribution in [0.4, 0.5) is 5.69 Å². The van der Waals surface area contributed by atoms with Gasteiger partial charge in [0.1, 0.15) is 0 Å². The molecular formula is C16H28N2O2. The number of ether oxygens (including phenoxy) is 2. The zero-order valence-corrected chi connectivity index (χ0v) is 13.6. The van der Waals surface area contributed by atoms with Crippen LogP contribution in [-0.4, -0.2) is 44.8 Å². The van der Waals surface area contributed by atoms with Gasteiger partial charge in [0, 0.05) is 23.8 Å². The lowest BCUT2D eigenvalue weighted by atomic mass is 10.1. The molecule has 0 aromatic heterocycles. The fraction of sp³-hybridized carbons (Fsp3) is 0.625. The number of nitrogens with one attached hydrogen (secondary N) is 1. The minimum atomic E-state index is 0.0246. The van der Waals surface area contributed by atoms with Crippen molar-refractivity contribution in [2.45, 2.75) is 32.7 Å². The van der Waals surface area contributed by atoms with Crippen LogP contribution in [0, 0.1) is 0 Å². The summed E-state index contributed by atoms with van der Waals surface area (Å²) in [5, 5.41) is 3.44. The van der Waals surface area contributed by atoms with Gasteiger partial charge in [-0.3, -0.25) is 0 Å². The van der Waals surface area contributed by atoms with Gasteiger partial charge < -0.3 is 19.7 Å². The van der Waals surface area contributed by atoms with Gasteiger partial charge in [0.25, 0.3) is 0 Å². The summed E-state index contributed by atoms with van der Waals surface area (Å²) >= 11 is 0. The summed E-state index contributed by atoms with van der Waals surface area (Å²) in [4.78, 5) is 2.15. The summed E-state index contributed by atoms with van der Waals surface area (Å²) in [7, 11) is 5.79. The molecular weight excluding hydrogens is 252 g/mol. The van der Waals surface area contributed by atoms with Gasteiger partial charge in [0.15, 0.2) is 11.5 Å². The average molecular weight is 280 g/mol. The van der Waals surface area contributed by atoms with E-state index >= 15 is 0 Å². The van der Waals surface area contributed by atoms with Gasteiger partial charge in [-0.05, 0) is 53.4 Å². The van der Waals surface area contributed by atoms with Crippen LogP contribution in [-0.2, 0) is 0 Å². The smallest absolute Gasteiger partial charge is 0.163 e. The monoisotopic (exact) mass is 280 g/mol. The van der Waals surface area contributed by atoms with Gasteiger partial charge in [0.2, 0.25) is 0 Å². The number of anilines is 1. The third-order valence-electron chi connectivity index (χ3n) is 2.69. The van der Waals surface area contributed by atoms with Gasteiger partial charge in [-0.25, -0.2) is 0 Å². The molecule has 4 heteroatoms. The number of methoxy groups -OCH3 is 1. The fourth-order valence-electron chi connectivity index (χ4n) is 1.86. The maximum atomic E-state index is 5.84. The Bertz CT molecular complexity index is 411. The summed E-state index contributed by atoms with van der Waals surface area (Å²) in [5.41, 5.74) is 1.07. The van der Waals surface area contributed by atoms with Crippen LogP contribution in [0.2, 0.25) is 0 Å². The molecule has 1 rings (SSSR count). The second-order valence-corrected chi connectivity index (χ2v) is 6.25. The van der Waals surface area contributed by atoms with Crippen molar-refractivity contribution in [1.29, 1.82) is 0 Å². The van der Waals surface area contributed by atoms with Gasteiger partial charge >= 0.3 is 0 Å². The number of hydrogen-bond donors (Lipinski definition) is 1. The molecule has 4 nitrogen and oxygen atoms in total. The largest absolute Gasteiger partial charge is 0.493 e. The van der Waals surface area contributed by atoms with Crippen molar-refractivity contribution in [3.63, 3.8) is 0 Å². The molecule has 0 unspecified atom stereocenters. The molecule has 0 fully saturated rings. The third-order valence-corrected chi connectivity index (χ3v) is 2.69. The van der Waals surface area contributed by atoms with E-state index in [0.29, 0.717) is 6.61 Å². The van der Waals surface area contributed by atoms with Crippen LogP contribution in [0.25, 0.3) is 0 Å². The predicted octanol–water partition coefficient (Wildman–Crippen LogP) is 3.24. The molecule has 0 saturated carbocycles. The molecule has 114 valence electrons. The Balaban J connectivity index is 2.68. The molecule has 1 N–H and O–H groups in total. The molecule has 0 aliphatic carbocycles. The first-order chi connectivity index (χ1) is 9.31. The second-order valence-electron chi connectivity index (χ2n) is 6.25. The van der Waals surface area contributed by atoms with Gasteiger partial charge in [-0.2, -0.15) is 0 Å². The normalized spacial score (nSPS) is 11.6. The second kappa shape index (κ2) is 7.39. The Kier molecular flexibility index (Phi) is 6.14. The van der Waals surface area contributed by atoms with E-state index in [1.54, 1.807) is 7.11 Å². The van der Waals surface area contributed by atoms with E-state index in [0.717, 1.165) is 30.2 Å². The van der Waals surface area contributed by atoms with E-state index in [1.165, 1.54) is 0 Å². The van der Waals surface area contributed by atoms with Crippen molar-refractivity contribution in [2.75, 3.05) is 39.7 Å². The maximum Gasteiger partial charge on any atom is 0.163 e. The molecule has 0 bridgehead atoms. The van der Waals surface area contributed by atoms with E-state index < -0.39 is 0 Å². The Morgan fingerprint density at radius 2 is 1.85 bits per heavy atom. The first kappa shape index (κ1) is 16.6. The first-order valence-electron chi connectivity index (χ1n) is 7.05. The quantitative estimate of drug-likeness (QED) is 0.778. The molecule has 0 radical (unpaired) electrons. The lowest BCUT2D eigenvalue weighted by Crippen LogP contribution is -2.26. The highest BCUT2D eigenvalue weighted by Gasteiger charge is 2.12. The summed E-state index contributed by atoms with van der Waals surface area (Å²) < 4.78 is 11.2. The van der Waals surface area contributed by atoms with Crippen LogP contribution in [0.1, 0.15) is 27.2 Å². The molecule has 0 saturated heterocycles. The lowest BCUT2D eigenvalue weighted by molar-refractivity contribution is 0.268. The number of rotatable bonds is 7. The van der Waals surface area contributed by atoms with Crippen molar-refractivity contribution in [2.24, 2.45) is 0 Å². The predicted molar refractivity (Wildman–Crippen MR) is 85.0 cm³/mol. The highest BCUT2D eigenvalue weighted by molar-refractivity contribution is 5.55. The van der Waals surface area contributed by atoms with E-state index in [4.69, 9.17) is 9.47 Å². The van der Waals surface area contributed by atoms with Crippen LogP contribution in [0.5, 0.6) is 11.5 Å². The average Bonchev–Trinajstić information content (AvgIpc) is 2.32. The number of benzene rings is 1. The van der Waals surface area contributed by atoms with E-state index in [2.05, 4.69) is 45.1 Å². The summed E-state index contributed by atoms with van der Waals surface area (Å²) in [6, 6.07) is 5.95. The molecule has 1 aromatic rings. The minimum absolute atomic E-state index is 0.0246. The molecule has 0 amide bonds. The summed E-state index contributed by atoms with van der Waals surface area (Å²) in [6.45, 7) is 8.11. The fourth-order valence-corrected chi connectivity index (χ4v) is 1.86. The zero-order chi connectivity index (χ0) is 15.2. The maximum absolute atomic E-state index is 5.84. The third kappa shape index (κ3) is 6.15. The van der Waals surface area contributed by atoms with Gasteiger partial charge in [0.05, 0.1) is 13.7 Å². The standard InChI is InChI=1S/C16H28N2O2/c1-16(2,3)17-13-8-9-14(19-6)15(12-13)20-11-7-10-18(4)5/h8-9,12,17H,7,10-11H2,1-6H3. The Morgan fingerprint density at radius 1 is 1.15 bits per heavy atom. The van der Waals surface area contributed by atoms with E-state index in [9.17, 15) is 0 Å². The van der Waals surface area contributed by atoms with Crippen LogP contribution in [0.15, 0.2) is 18.2 Å². The number of hydrogen-bond acceptors (Lipinski definition) is 4. The van der Waals surface area contributed by atoms with Crippen molar-refractivity contribution in [3.05, 3.63) is 18.2 Å². The van der Waals surface area contributed by atoms with E-state index in [-0.39, 0.29) is 5.54 Å². The van der Waals surface area contributed by atoms with Crippen molar-refractivity contribution < 1.29 is 9.47 Å². The van der Waals surface area contributed by atoms with Crippen LogP contribution >= 0.6 is 0 Å². The molecule has 1 aromatic carbocycles. The Morgan fingerprint density at radius 3 is 2.40 bits per heavy atom. The highest BCUT2D eigenvalue weighted by atomic mass is 16.5. The van der Waals surface area contributed by atoms with Gasteiger partial charge in [-0.15, -0.1) is 0 Å². The topological polar surface area (TPSA) is 33.7 Å². The summed E-state index contributed by atoms with van der Waals surface area (Å²) in [6.07, 6.45) is 0.993. The molecule has 0 aliphatic heterocycles. The Hall–Kier alpha value is -1.42. The molecule has 20 heavy (non-hydrogen) atoms. The number of nitrogens with zero attached hydrogens (tertiary/aromatic N) is 1. The van der Waals surface area contributed by atoms with Crippen molar-refractivity contribution in [1.82, 2.24) is 4.90 Å². The van der Waals surface area contributed by atoms with E-state index in [1.807, 2.05) is 18.2 Å². The lowest BCUT2D eigenvalue weighted by Gasteiger charge is -2.23. The van der Waals surface area contributed by atoms with Crippen molar-refractivity contribution in [3.8, 4) is 11.5 Å². The molecule has 0 heterocycles. The first-order valence-corrected chi connectivity index (χ1v) is 7.05. The van der Waals surface area contributed by atoms with Gasteiger partial charge in [-0.1, -0.05) is 0 Å². The van der Waals surface area contributed by atoms with Crippen molar-refractivity contribution >= 4 is 5.69 Å². The Labute approximate surface area is 123 Å². The minimum Gasteiger partial charge on any atom is -0.493 e. The molecule has 0 aliphatic rings. The highest BCUT2D eigenvalue weighted by Crippen LogP contribution is 2.31. The molecule has 0 spiro atoms. The zero-order valence-electron chi connectivity index (χ0n) is 13.6. The SMILES string of the molecule is COc1ccc(NC(C)(C)C)cc1OCCCN(C)C. The molecule has 0 atom stereocenters.